The van der Waals surface area contributed by atoms with Crippen molar-refractivity contribution in [2.75, 3.05) is 13.2 Å². The lowest BCUT2D eigenvalue weighted by Crippen LogP contribution is -2.22. The average molecular weight is 324 g/mol. The highest BCUT2D eigenvalue weighted by Gasteiger charge is 2.13. The average Bonchev–Trinajstić information content (AvgIpc) is 2.66. The van der Waals surface area contributed by atoms with Gasteiger partial charge in [-0.05, 0) is 61.6 Å². The van der Waals surface area contributed by atoms with E-state index in [1.807, 2.05) is 0 Å². The second-order valence-corrected chi connectivity index (χ2v) is 6.58. The van der Waals surface area contributed by atoms with Crippen molar-refractivity contribution in [2.45, 2.75) is 51.2 Å². The predicted octanol–water partition coefficient (Wildman–Crippen LogP) is 4.95. The normalized spacial score (nSPS) is 17.8. The summed E-state index contributed by atoms with van der Waals surface area (Å²) in [6, 6.07) is 19.7. The van der Waals surface area contributed by atoms with E-state index in [4.69, 9.17) is 9.47 Å². The van der Waals surface area contributed by atoms with Crippen LogP contribution in [-0.4, -0.2) is 19.5 Å². The third kappa shape index (κ3) is 5.77. The Labute approximate surface area is 145 Å². The van der Waals surface area contributed by atoms with Crippen LogP contribution in [0.4, 0.5) is 0 Å². The van der Waals surface area contributed by atoms with E-state index in [-0.39, 0.29) is 6.29 Å². The highest BCUT2D eigenvalue weighted by atomic mass is 16.7. The summed E-state index contributed by atoms with van der Waals surface area (Å²) in [5.41, 5.74) is 4.24. The topological polar surface area (TPSA) is 18.5 Å². The van der Waals surface area contributed by atoms with Gasteiger partial charge in [0.2, 0.25) is 0 Å². The van der Waals surface area contributed by atoms with Crippen LogP contribution < -0.4 is 0 Å². The number of aryl methyl sites for hydroxylation is 3. The van der Waals surface area contributed by atoms with Crippen molar-refractivity contribution < 1.29 is 9.47 Å². The smallest absolute Gasteiger partial charge is 0.157 e. The second kappa shape index (κ2) is 9.61. The van der Waals surface area contributed by atoms with E-state index in [0.29, 0.717) is 0 Å². The first kappa shape index (κ1) is 17.2. The molecule has 0 amide bonds. The molecule has 2 nitrogen and oxygen atoms in total. The minimum atomic E-state index is 0.0379. The number of hydrogen-bond acceptors (Lipinski definition) is 2. The minimum absolute atomic E-state index is 0.0379. The Kier molecular flexibility index (Phi) is 6.88. The fourth-order valence-electron chi connectivity index (χ4n) is 3.21. The molecule has 1 heterocycles. The quantitative estimate of drug-likeness (QED) is 0.640. The molecule has 0 radical (unpaired) electrons. The maximum atomic E-state index is 5.82. The van der Waals surface area contributed by atoms with Crippen molar-refractivity contribution in [3.05, 3.63) is 71.3 Å². The van der Waals surface area contributed by atoms with Gasteiger partial charge < -0.3 is 9.47 Å². The Balaban J connectivity index is 1.39. The Morgan fingerprint density at radius 1 is 0.833 bits per heavy atom. The molecule has 0 spiro atoms. The van der Waals surface area contributed by atoms with Gasteiger partial charge in [-0.2, -0.15) is 0 Å². The Bertz CT molecular complexity index is 588. The molecule has 128 valence electrons. The van der Waals surface area contributed by atoms with E-state index in [9.17, 15) is 0 Å². The van der Waals surface area contributed by atoms with Crippen LogP contribution >= 0.6 is 0 Å². The van der Waals surface area contributed by atoms with Gasteiger partial charge >= 0.3 is 0 Å². The summed E-state index contributed by atoms with van der Waals surface area (Å²) < 4.78 is 11.4. The second-order valence-electron chi connectivity index (χ2n) is 6.58. The van der Waals surface area contributed by atoms with Gasteiger partial charge in [-0.25, -0.2) is 0 Å². The maximum absolute atomic E-state index is 5.82. The first-order valence-corrected chi connectivity index (χ1v) is 9.25. The molecule has 1 fully saturated rings. The molecule has 0 aliphatic carbocycles. The van der Waals surface area contributed by atoms with Crippen LogP contribution in [0, 0.1) is 0 Å². The van der Waals surface area contributed by atoms with E-state index < -0.39 is 0 Å². The number of hydrogen-bond donors (Lipinski definition) is 0. The molecule has 1 aliphatic rings. The molecule has 1 atom stereocenters. The van der Waals surface area contributed by atoms with Crippen LogP contribution in [0.15, 0.2) is 54.6 Å². The van der Waals surface area contributed by atoms with Crippen LogP contribution in [0.25, 0.3) is 0 Å². The maximum Gasteiger partial charge on any atom is 0.157 e. The molecule has 1 saturated heterocycles. The van der Waals surface area contributed by atoms with Gasteiger partial charge in [0.1, 0.15) is 0 Å². The largest absolute Gasteiger partial charge is 0.353 e. The molecule has 0 N–H and O–H groups in total. The zero-order valence-electron chi connectivity index (χ0n) is 14.5. The molecule has 0 bridgehead atoms. The van der Waals surface area contributed by atoms with Crippen LogP contribution in [0.2, 0.25) is 0 Å². The highest BCUT2D eigenvalue weighted by molar-refractivity contribution is 5.25. The zero-order chi connectivity index (χ0) is 16.5. The van der Waals surface area contributed by atoms with Gasteiger partial charge in [-0.15, -0.1) is 0 Å². The molecule has 3 rings (SSSR count). The molecular weight excluding hydrogens is 296 g/mol. The van der Waals surface area contributed by atoms with Crippen molar-refractivity contribution in [3.8, 4) is 0 Å². The summed E-state index contributed by atoms with van der Waals surface area (Å²) in [5.74, 6) is 0. The molecule has 0 saturated carbocycles. The third-order valence-corrected chi connectivity index (χ3v) is 4.59. The fraction of sp³-hybridized carbons (Fsp3) is 0.455. The van der Waals surface area contributed by atoms with Gasteiger partial charge in [0.15, 0.2) is 6.29 Å². The summed E-state index contributed by atoms with van der Waals surface area (Å²) in [5, 5.41) is 0. The van der Waals surface area contributed by atoms with Crippen LogP contribution in [0.3, 0.4) is 0 Å². The first-order valence-electron chi connectivity index (χ1n) is 9.25. The summed E-state index contributed by atoms with van der Waals surface area (Å²) in [6.07, 6.45) is 7.83. The van der Waals surface area contributed by atoms with E-state index in [1.165, 1.54) is 29.5 Å². The third-order valence-electron chi connectivity index (χ3n) is 4.59. The SMILES string of the molecule is c1ccc(CCc2cccc(CCCOC3CCCCO3)c2)cc1. The summed E-state index contributed by atoms with van der Waals surface area (Å²) in [4.78, 5) is 0. The van der Waals surface area contributed by atoms with Crippen molar-refractivity contribution in [2.24, 2.45) is 0 Å². The van der Waals surface area contributed by atoms with Crippen molar-refractivity contribution in [3.63, 3.8) is 0 Å². The molecule has 1 unspecified atom stereocenters. The van der Waals surface area contributed by atoms with Gasteiger partial charge in [0, 0.05) is 6.61 Å². The zero-order valence-corrected chi connectivity index (χ0v) is 14.5. The van der Waals surface area contributed by atoms with Crippen LogP contribution in [0.1, 0.15) is 42.4 Å². The van der Waals surface area contributed by atoms with Gasteiger partial charge in [0.25, 0.3) is 0 Å². The Morgan fingerprint density at radius 2 is 1.58 bits per heavy atom. The predicted molar refractivity (Wildman–Crippen MR) is 98.2 cm³/mol. The molecular formula is C22H28O2. The standard InChI is InChI=1S/C22H28O2/c1-2-8-19(9-3-1)14-15-21-11-6-10-20(18-21)12-7-17-24-22-13-4-5-16-23-22/h1-3,6,8-11,18,22H,4-5,7,12-17H2. The molecule has 1 aliphatic heterocycles. The fourth-order valence-corrected chi connectivity index (χ4v) is 3.21. The molecule has 24 heavy (non-hydrogen) atoms. The number of ether oxygens (including phenoxy) is 2. The van der Waals surface area contributed by atoms with Gasteiger partial charge in [-0.1, -0.05) is 54.6 Å². The molecule has 0 aromatic heterocycles. The lowest BCUT2D eigenvalue weighted by atomic mass is 10.0. The van der Waals surface area contributed by atoms with Gasteiger partial charge in [-0.3, -0.25) is 0 Å². The van der Waals surface area contributed by atoms with Crippen LogP contribution in [-0.2, 0) is 28.7 Å². The molecule has 2 aromatic rings. The summed E-state index contributed by atoms with van der Waals surface area (Å²) in [7, 11) is 0. The Morgan fingerprint density at radius 3 is 2.38 bits per heavy atom. The lowest BCUT2D eigenvalue weighted by Gasteiger charge is -2.22. The summed E-state index contributed by atoms with van der Waals surface area (Å²) >= 11 is 0. The number of benzene rings is 2. The molecule has 2 aromatic carbocycles. The van der Waals surface area contributed by atoms with E-state index in [1.54, 1.807) is 0 Å². The van der Waals surface area contributed by atoms with Crippen molar-refractivity contribution in [1.29, 1.82) is 0 Å². The number of rotatable bonds is 8. The first-order chi connectivity index (χ1) is 11.9. The lowest BCUT2D eigenvalue weighted by molar-refractivity contribution is -0.162. The van der Waals surface area contributed by atoms with Crippen LogP contribution in [0.5, 0.6) is 0 Å². The van der Waals surface area contributed by atoms with Gasteiger partial charge in [0.05, 0.1) is 6.61 Å². The molecule has 2 heteroatoms. The van der Waals surface area contributed by atoms with Crippen molar-refractivity contribution in [1.82, 2.24) is 0 Å². The van der Waals surface area contributed by atoms with Crippen molar-refractivity contribution >= 4 is 0 Å². The highest BCUT2D eigenvalue weighted by Crippen LogP contribution is 2.15. The Hall–Kier alpha value is -1.64. The van der Waals surface area contributed by atoms with E-state index >= 15 is 0 Å². The minimum Gasteiger partial charge on any atom is -0.353 e. The monoisotopic (exact) mass is 324 g/mol. The van der Waals surface area contributed by atoms with E-state index in [0.717, 1.165) is 45.3 Å². The summed E-state index contributed by atoms with van der Waals surface area (Å²) in [6.45, 7) is 1.65. The van der Waals surface area contributed by atoms with E-state index in [2.05, 4.69) is 54.6 Å².